The van der Waals surface area contributed by atoms with Crippen LogP contribution in [0.5, 0.6) is 0 Å². The van der Waals surface area contributed by atoms with E-state index in [0.717, 1.165) is 31.4 Å². The predicted molar refractivity (Wildman–Crippen MR) is 96.9 cm³/mol. The van der Waals surface area contributed by atoms with Crippen LogP contribution in [0, 0.1) is 5.41 Å². The molecular weight excluding hydrogens is 284 g/mol. The maximum Gasteiger partial charge on any atom is 0.311 e. The summed E-state index contributed by atoms with van der Waals surface area (Å²) in [6.45, 7) is 8.53. The van der Waals surface area contributed by atoms with Crippen LogP contribution >= 0.6 is 0 Å². The SMILES string of the molecule is CCCCCC(=O)OC1=CC(C)(C)CC(C)=C1.c1ccccc1. The minimum Gasteiger partial charge on any atom is -0.427 e. The highest BCUT2D eigenvalue weighted by Crippen LogP contribution is 2.33. The molecule has 2 nitrogen and oxygen atoms in total. The number of esters is 1. The zero-order valence-corrected chi connectivity index (χ0v) is 15.0. The number of benzene rings is 1. The Morgan fingerprint density at radius 1 is 1.09 bits per heavy atom. The zero-order chi connectivity index (χ0) is 17.1. The van der Waals surface area contributed by atoms with Crippen LogP contribution in [0.4, 0.5) is 0 Å². The second kappa shape index (κ2) is 10.0. The average molecular weight is 314 g/mol. The van der Waals surface area contributed by atoms with Crippen molar-refractivity contribution in [1.82, 2.24) is 0 Å². The molecule has 0 heterocycles. The van der Waals surface area contributed by atoms with Crippen LogP contribution in [0.25, 0.3) is 0 Å². The van der Waals surface area contributed by atoms with Gasteiger partial charge in [0.1, 0.15) is 5.76 Å². The van der Waals surface area contributed by atoms with E-state index in [9.17, 15) is 4.79 Å². The number of carbonyl (C=O) groups is 1. The van der Waals surface area contributed by atoms with E-state index in [2.05, 4.69) is 33.8 Å². The summed E-state index contributed by atoms with van der Waals surface area (Å²) in [6, 6.07) is 12.0. The molecule has 1 aliphatic rings. The van der Waals surface area contributed by atoms with Gasteiger partial charge in [-0.25, -0.2) is 0 Å². The van der Waals surface area contributed by atoms with E-state index in [-0.39, 0.29) is 11.4 Å². The van der Waals surface area contributed by atoms with E-state index in [1.165, 1.54) is 5.57 Å². The van der Waals surface area contributed by atoms with Crippen molar-refractivity contribution >= 4 is 5.97 Å². The maximum atomic E-state index is 11.6. The number of unbranched alkanes of at least 4 members (excludes halogenated alkanes) is 2. The smallest absolute Gasteiger partial charge is 0.311 e. The van der Waals surface area contributed by atoms with Crippen molar-refractivity contribution < 1.29 is 9.53 Å². The van der Waals surface area contributed by atoms with Gasteiger partial charge >= 0.3 is 5.97 Å². The quantitative estimate of drug-likeness (QED) is 0.488. The summed E-state index contributed by atoms with van der Waals surface area (Å²) in [7, 11) is 0. The minimum absolute atomic E-state index is 0.0951. The Morgan fingerprint density at radius 2 is 1.65 bits per heavy atom. The van der Waals surface area contributed by atoms with Gasteiger partial charge in [-0.1, -0.05) is 75.6 Å². The van der Waals surface area contributed by atoms with Crippen molar-refractivity contribution in [1.29, 1.82) is 0 Å². The molecule has 0 atom stereocenters. The molecule has 126 valence electrons. The fourth-order valence-electron chi connectivity index (χ4n) is 2.64. The van der Waals surface area contributed by atoms with Crippen LogP contribution in [-0.4, -0.2) is 5.97 Å². The lowest BCUT2D eigenvalue weighted by Gasteiger charge is -2.25. The highest BCUT2D eigenvalue weighted by Gasteiger charge is 2.22. The van der Waals surface area contributed by atoms with Crippen LogP contribution in [-0.2, 0) is 9.53 Å². The summed E-state index contributed by atoms with van der Waals surface area (Å²) in [4.78, 5) is 11.6. The first-order valence-corrected chi connectivity index (χ1v) is 8.53. The van der Waals surface area contributed by atoms with E-state index in [1.54, 1.807) is 0 Å². The molecule has 1 aliphatic carbocycles. The van der Waals surface area contributed by atoms with Gasteiger partial charge in [0.15, 0.2) is 0 Å². The summed E-state index contributed by atoms with van der Waals surface area (Å²) in [5.74, 6) is 0.617. The van der Waals surface area contributed by atoms with Gasteiger partial charge < -0.3 is 4.74 Å². The van der Waals surface area contributed by atoms with Crippen LogP contribution in [0.1, 0.15) is 59.8 Å². The summed E-state index contributed by atoms with van der Waals surface area (Å²) >= 11 is 0. The van der Waals surface area contributed by atoms with Gasteiger partial charge in [-0.2, -0.15) is 0 Å². The molecule has 0 unspecified atom stereocenters. The fourth-order valence-corrected chi connectivity index (χ4v) is 2.64. The maximum absolute atomic E-state index is 11.6. The summed E-state index contributed by atoms with van der Waals surface area (Å²) in [5.41, 5.74) is 1.37. The number of hydrogen-bond donors (Lipinski definition) is 0. The molecule has 2 rings (SSSR count). The van der Waals surface area contributed by atoms with Gasteiger partial charge in [0.05, 0.1) is 0 Å². The lowest BCUT2D eigenvalue weighted by molar-refractivity contribution is -0.139. The Balaban J connectivity index is 0.000000366. The first-order valence-electron chi connectivity index (χ1n) is 8.53. The second-order valence-corrected chi connectivity index (χ2v) is 6.79. The van der Waals surface area contributed by atoms with Crippen LogP contribution in [0.3, 0.4) is 0 Å². The van der Waals surface area contributed by atoms with Crippen LogP contribution in [0.15, 0.2) is 59.9 Å². The Labute approximate surface area is 141 Å². The summed E-state index contributed by atoms with van der Waals surface area (Å²) in [5, 5.41) is 0. The average Bonchev–Trinajstić information content (AvgIpc) is 2.47. The lowest BCUT2D eigenvalue weighted by atomic mass is 9.82. The third kappa shape index (κ3) is 9.02. The highest BCUT2D eigenvalue weighted by molar-refractivity contribution is 5.71. The highest BCUT2D eigenvalue weighted by atomic mass is 16.5. The van der Waals surface area contributed by atoms with Gasteiger partial charge in [-0.3, -0.25) is 4.79 Å². The van der Waals surface area contributed by atoms with Crippen molar-refractivity contribution in [2.24, 2.45) is 5.41 Å². The predicted octanol–water partition coefficient (Wildman–Crippen LogP) is 6.06. The Morgan fingerprint density at radius 3 is 2.13 bits per heavy atom. The van der Waals surface area contributed by atoms with Crippen molar-refractivity contribution in [3.8, 4) is 0 Å². The number of hydrogen-bond acceptors (Lipinski definition) is 2. The first-order chi connectivity index (χ1) is 10.9. The van der Waals surface area contributed by atoms with Crippen molar-refractivity contribution in [2.45, 2.75) is 59.8 Å². The molecule has 0 bridgehead atoms. The fraction of sp³-hybridized carbons (Fsp3) is 0.476. The van der Waals surface area contributed by atoms with E-state index in [0.29, 0.717) is 6.42 Å². The molecule has 0 aliphatic heterocycles. The Bertz CT molecular complexity index is 497. The number of allylic oxidation sites excluding steroid dienone is 3. The van der Waals surface area contributed by atoms with Gasteiger partial charge in [-0.15, -0.1) is 0 Å². The molecule has 0 saturated heterocycles. The molecule has 0 N–H and O–H groups in total. The minimum atomic E-state index is -0.105. The molecule has 1 aromatic carbocycles. The molecule has 0 amide bonds. The number of carbonyl (C=O) groups excluding carboxylic acids is 1. The molecule has 0 radical (unpaired) electrons. The Kier molecular flexibility index (Phi) is 8.39. The molecule has 1 aromatic rings. The molecule has 23 heavy (non-hydrogen) atoms. The van der Waals surface area contributed by atoms with Crippen molar-refractivity contribution in [2.75, 3.05) is 0 Å². The van der Waals surface area contributed by atoms with Crippen molar-refractivity contribution in [3.05, 3.63) is 59.9 Å². The number of ether oxygens (including phenoxy) is 1. The molecular formula is C21H30O2. The molecule has 0 spiro atoms. The summed E-state index contributed by atoms with van der Waals surface area (Å²) < 4.78 is 5.39. The largest absolute Gasteiger partial charge is 0.427 e. The second-order valence-electron chi connectivity index (χ2n) is 6.79. The molecule has 0 saturated carbocycles. The van der Waals surface area contributed by atoms with Gasteiger partial charge in [0.2, 0.25) is 0 Å². The van der Waals surface area contributed by atoms with Crippen LogP contribution in [0.2, 0.25) is 0 Å². The van der Waals surface area contributed by atoms with E-state index in [1.807, 2.05) is 42.5 Å². The van der Waals surface area contributed by atoms with Crippen LogP contribution < -0.4 is 0 Å². The molecule has 0 aromatic heterocycles. The topological polar surface area (TPSA) is 26.3 Å². The number of rotatable bonds is 5. The summed E-state index contributed by atoms with van der Waals surface area (Å²) in [6.07, 6.45) is 8.73. The van der Waals surface area contributed by atoms with E-state index >= 15 is 0 Å². The van der Waals surface area contributed by atoms with Gasteiger partial charge in [-0.05, 0) is 37.3 Å². The third-order valence-corrected chi connectivity index (χ3v) is 3.54. The standard InChI is InChI=1S/C15H24O2.C6H6/c1-5-6-7-8-14(16)17-13-9-12(2)10-15(3,4)11-13;1-2-4-6-5-3-1/h9,11H,5-8,10H2,1-4H3;1-6H. The molecule has 2 heteroatoms. The monoisotopic (exact) mass is 314 g/mol. The Hall–Kier alpha value is -1.83. The van der Waals surface area contributed by atoms with E-state index < -0.39 is 0 Å². The molecule has 0 fully saturated rings. The van der Waals surface area contributed by atoms with E-state index in [4.69, 9.17) is 4.74 Å². The van der Waals surface area contributed by atoms with Gasteiger partial charge in [0.25, 0.3) is 0 Å². The normalized spacial score (nSPS) is 15.7. The third-order valence-electron chi connectivity index (χ3n) is 3.54. The zero-order valence-electron chi connectivity index (χ0n) is 15.0. The van der Waals surface area contributed by atoms with Crippen molar-refractivity contribution in [3.63, 3.8) is 0 Å². The first kappa shape index (κ1) is 19.2. The van der Waals surface area contributed by atoms with Gasteiger partial charge in [0, 0.05) is 6.42 Å². The lowest BCUT2D eigenvalue weighted by Crippen LogP contribution is -2.15.